The molecule has 0 spiro atoms. The van der Waals surface area contributed by atoms with Gasteiger partial charge in [0, 0.05) is 0 Å². The van der Waals surface area contributed by atoms with Gasteiger partial charge in [0.2, 0.25) is 0 Å². The van der Waals surface area contributed by atoms with E-state index in [-0.39, 0.29) is 11.3 Å². The third-order valence-electron chi connectivity index (χ3n) is 2.24. The largest absolute Gasteiger partial charge is 0.478 e. The molecule has 0 fully saturated rings. The highest BCUT2D eigenvalue weighted by molar-refractivity contribution is 14.1. The number of benzene rings is 2. The van der Waals surface area contributed by atoms with Crippen LogP contribution in [0.15, 0.2) is 42.5 Å². The Morgan fingerprint density at radius 3 is 2.50 bits per heavy atom. The second kappa shape index (κ2) is 5.34. The van der Waals surface area contributed by atoms with Gasteiger partial charge in [0.25, 0.3) is 0 Å². The molecule has 0 saturated carbocycles. The van der Waals surface area contributed by atoms with Crippen molar-refractivity contribution in [3.63, 3.8) is 0 Å². The van der Waals surface area contributed by atoms with Crippen LogP contribution in [0.4, 0.5) is 4.39 Å². The number of halogens is 2. The summed E-state index contributed by atoms with van der Waals surface area (Å²) in [7, 11) is 0. The molecule has 18 heavy (non-hydrogen) atoms. The van der Waals surface area contributed by atoms with E-state index in [0.29, 0.717) is 5.75 Å². The van der Waals surface area contributed by atoms with Crippen molar-refractivity contribution in [2.75, 3.05) is 0 Å². The van der Waals surface area contributed by atoms with Crippen LogP contribution in [0.5, 0.6) is 11.5 Å². The van der Waals surface area contributed by atoms with Gasteiger partial charge in [0.15, 0.2) is 11.6 Å². The summed E-state index contributed by atoms with van der Waals surface area (Å²) in [6.07, 6.45) is 0. The molecular formula is C13H8FIO3. The van der Waals surface area contributed by atoms with Crippen LogP contribution in [0.25, 0.3) is 0 Å². The van der Waals surface area contributed by atoms with Gasteiger partial charge < -0.3 is 9.84 Å². The number of carboxylic acids is 1. The minimum Gasteiger partial charge on any atom is -0.478 e. The van der Waals surface area contributed by atoms with Crippen LogP contribution in [-0.2, 0) is 0 Å². The summed E-state index contributed by atoms with van der Waals surface area (Å²) in [5.41, 5.74) is -0.109. The molecule has 0 radical (unpaired) electrons. The molecule has 3 nitrogen and oxygen atoms in total. The van der Waals surface area contributed by atoms with Crippen molar-refractivity contribution in [3.05, 3.63) is 57.4 Å². The van der Waals surface area contributed by atoms with Crippen LogP contribution in [0.2, 0.25) is 0 Å². The van der Waals surface area contributed by atoms with Gasteiger partial charge in [-0.05, 0) is 52.9 Å². The molecular weight excluding hydrogens is 350 g/mol. The maximum atomic E-state index is 13.6. The average Bonchev–Trinajstić information content (AvgIpc) is 2.34. The van der Waals surface area contributed by atoms with Crippen molar-refractivity contribution in [2.45, 2.75) is 0 Å². The molecule has 0 atom stereocenters. The van der Waals surface area contributed by atoms with E-state index in [1.165, 1.54) is 12.1 Å². The fraction of sp³-hybridized carbons (Fsp3) is 0. The Morgan fingerprint density at radius 2 is 1.89 bits per heavy atom. The molecule has 0 heterocycles. The normalized spacial score (nSPS) is 10.1. The van der Waals surface area contributed by atoms with Crippen LogP contribution >= 0.6 is 22.6 Å². The Balaban J connectivity index is 2.30. The highest BCUT2D eigenvalue weighted by atomic mass is 127. The molecule has 5 heteroatoms. The Labute approximate surface area is 116 Å². The van der Waals surface area contributed by atoms with Gasteiger partial charge in [0.05, 0.1) is 9.13 Å². The zero-order chi connectivity index (χ0) is 13.1. The van der Waals surface area contributed by atoms with E-state index in [0.717, 1.165) is 9.64 Å². The number of carbonyl (C=O) groups is 1. The number of carboxylic acid groups (broad SMARTS) is 1. The quantitative estimate of drug-likeness (QED) is 0.846. The van der Waals surface area contributed by atoms with Gasteiger partial charge in [-0.3, -0.25) is 0 Å². The van der Waals surface area contributed by atoms with E-state index in [1.54, 1.807) is 12.1 Å². The second-order valence-corrected chi connectivity index (χ2v) is 4.65. The molecule has 0 aliphatic heterocycles. The lowest BCUT2D eigenvalue weighted by Gasteiger charge is -2.08. The number of hydrogen-bond acceptors (Lipinski definition) is 2. The maximum absolute atomic E-state index is 13.6. The Morgan fingerprint density at radius 1 is 1.17 bits per heavy atom. The summed E-state index contributed by atoms with van der Waals surface area (Å²) in [5, 5.41) is 8.73. The van der Waals surface area contributed by atoms with E-state index in [2.05, 4.69) is 22.6 Å². The van der Waals surface area contributed by atoms with Gasteiger partial charge in [0.1, 0.15) is 5.75 Å². The third kappa shape index (κ3) is 2.79. The molecule has 92 valence electrons. The van der Waals surface area contributed by atoms with E-state index in [4.69, 9.17) is 9.84 Å². The molecule has 0 saturated heterocycles. The molecule has 0 aliphatic carbocycles. The van der Waals surface area contributed by atoms with E-state index in [9.17, 15) is 9.18 Å². The Bertz CT molecular complexity index is 599. The molecule has 0 aliphatic rings. The van der Waals surface area contributed by atoms with E-state index < -0.39 is 11.8 Å². The highest BCUT2D eigenvalue weighted by Crippen LogP contribution is 2.28. The third-order valence-corrected chi connectivity index (χ3v) is 3.13. The molecule has 0 amide bonds. The number of rotatable bonds is 3. The van der Waals surface area contributed by atoms with Crippen molar-refractivity contribution in [2.24, 2.45) is 0 Å². The molecule has 2 aromatic carbocycles. The molecule has 2 rings (SSSR count). The molecule has 0 unspecified atom stereocenters. The number of ether oxygens (including phenoxy) is 1. The molecule has 0 aromatic heterocycles. The second-order valence-electron chi connectivity index (χ2n) is 3.48. The monoisotopic (exact) mass is 358 g/mol. The zero-order valence-corrected chi connectivity index (χ0v) is 11.2. The first-order valence-electron chi connectivity index (χ1n) is 5.03. The first-order valence-corrected chi connectivity index (χ1v) is 6.11. The van der Waals surface area contributed by atoms with E-state index >= 15 is 0 Å². The summed E-state index contributed by atoms with van der Waals surface area (Å²) >= 11 is 2.07. The predicted molar refractivity (Wildman–Crippen MR) is 72.6 cm³/mol. The lowest BCUT2D eigenvalue weighted by Crippen LogP contribution is -1.98. The van der Waals surface area contributed by atoms with Gasteiger partial charge in [-0.1, -0.05) is 12.1 Å². The van der Waals surface area contributed by atoms with Crippen molar-refractivity contribution in [1.82, 2.24) is 0 Å². The van der Waals surface area contributed by atoms with Gasteiger partial charge in [-0.25, -0.2) is 9.18 Å². The Hall–Kier alpha value is -1.63. The summed E-state index contributed by atoms with van der Waals surface area (Å²) < 4.78 is 19.9. The smallest absolute Gasteiger partial charge is 0.335 e. The lowest BCUT2D eigenvalue weighted by molar-refractivity contribution is 0.0696. The van der Waals surface area contributed by atoms with Gasteiger partial charge in [-0.2, -0.15) is 0 Å². The van der Waals surface area contributed by atoms with Crippen LogP contribution in [0.3, 0.4) is 0 Å². The molecule has 1 N–H and O–H groups in total. The first kappa shape index (κ1) is 12.8. The topological polar surface area (TPSA) is 46.5 Å². The maximum Gasteiger partial charge on any atom is 0.335 e. The lowest BCUT2D eigenvalue weighted by atomic mass is 10.2. The summed E-state index contributed by atoms with van der Waals surface area (Å²) in [4.78, 5) is 10.7. The van der Waals surface area contributed by atoms with Crippen LogP contribution in [0.1, 0.15) is 10.4 Å². The summed E-state index contributed by atoms with van der Waals surface area (Å²) in [5.74, 6) is -1.34. The zero-order valence-electron chi connectivity index (χ0n) is 9.06. The van der Waals surface area contributed by atoms with Crippen molar-refractivity contribution in [3.8, 4) is 11.5 Å². The van der Waals surface area contributed by atoms with Crippen LogP contribution < -0.4 is 4.74 Å². The van der Waals surface area contributed by atoms with Crippen LogP contribution in [0, 0.1) is 9.39 Å². The number of para-hydroxylation sites is 1. The van der Waals surface area contributed by atoms with Crippen molar-refractivity contribution >= 4 is 28.6 Å². The summed E-state index contributed by atoms with van der Waals surface area (Å²) in [6.45, 7) is 0. The fourth-order valence-electron chi connectivity index (χ4n) is 1.36. The van der Waals surface area contributed by atoms with Crippen LogP contribution in [-0.4, -0.2) is 11.1 Å². The predicted octanol–water partition coefficient (Wildman–Crippen LogP) is 3.92. The van der Waals surface area contributed by atoms with Gasteiger partial charge in [-0.15, -0.1) is 0 Å². The van der Waals surface area contributed by atoms with Crippen molar-refractivity contribution < 1.29 is 19.0 Å². The highest BCUT2D eigenvalue weighted by Gasteiger charge is 2.10. The van der Waals surface area contributed by atoms with E-state index in [1.807, 2.05) is 12.1 Å². The van der Waals surface area contributed by atoms with Crippen molar-refractivity contribution in [1.29, 1.82) is 0 Å². The van der Waals surface area contributed by atoms with Gasteiger partial charge >= 0.3 is 5.97 Å². The Kier molecular flexibility index (Phi) is 3.81. The molecule has 0 bridgehead atoms. The summed E-state index contributed by atoms with van der Waals surface area (Å²) in [6, 6.07) is 10.7. The standard InChI is InChI=1S/C13H8FIO3/c14-9-7-8(13(16)17)5-6-11(9)18-12-4-2-1-3-10(12)15/h1-7H,(H,16,17). The molecule has 2 aromatic rings. The number of hydrogen-bond donors (Lipinski definition) is 1. The average molecular weight is 358 g/mol. The SMILES string of the molecule is O=C(O)c1ccc(Oc2ccccc2I)c(F)c1. The minimum absolute atomic E-state index is 0.00381. The first-order chi connectivity index (χ1) is 8.58. The fourth-order valence-corrected chi connectivity index (χ4v) is 1.86. The number of aromatic carboxylic acids is 1. The minimum atomic E-state index is -1.17.